The summed E-state index contributed by atoms with van der Waals surface area (Å²) < 4.78 is 0. The lowest BCUT2D eigenvalue weighted by atomic mass is 9.93. The van der Waals surface area contributed by atoms with Gasteiger partial charge in [0, 0.05) is 36.0 Å². The lowest BCUT2D eigenvalue weighted by Crippen LogP contribution is -2.35. The van der Waals surface area contributed by atoms with Crippen molar-refractivity contribution >= 4 is 16.8 Å². The molecule has 1 amide bonds. The molecule has 0 bridgehead atoms. The minimum absolute atomic E-state index is 0.0858. The molecule has 2 aromatic carbocycles. The van der Waals surface area contributed by atoms with Crippen molar-refractivity contribution in [1.29, 1.82) is 0 Å². The van der Waals surface area contributed by atoms with Crippen LogP contribution in [-0.4, -0.2) is 53.9 Å². The molecule has 4 nitrogen and oxygen atoms in total. The van der Waals surface area contributed by atoms with E-state index >= 15 is 0 Å². The smallest absolute Gasteiger partial charge is 0.270 e. The predicted octanol–water partition coefficient (Wildman–Crippen LogP) is 3.65. The second-order valence-corrected chi connectivity index (χ2v) is 7.53. The molecule has 0 spiro atoms. The molecule has 1 aliphatic heterocycles. The molecular formula is C22H25N3O. The normalized spacial score (nSPS) is 20.2. The van der Waals surface area contributed by atoms with E-state index in [0.29, 0.717) is 17.7 Å². The van der Waals surface area contributed by atoms with Crippen LogP contribution >= 0.6 is 0 Å². The number of hydrogen-bond donors (Lipinski definition) is 1. The maximum absolute atomic E-state index is 13.1. The summed E-state index contributed by atoms with van der Waals surface area (Å²) in [5, 5.41) is 1.08. The van der Waals surface area contributed by atoms with Gasteiger partial charge in [0.05, 0.1) is 0 Å². The Balaban J connectivity index is 1.60. The lowest BCUT2D eigenvalue weighted by Gasteiger charge is -2.25. The van der Waals surface area contributed by atoms with E-state index in [9.17, 15) is 4.79 Å². The molecule has 3 aromatic rings. The summed E-state index contributed by atoms with van der Waals surface area (Å²) in [4.78, 5) is 20.6. The monoisotopic (exact) mass is 347 g/mol. The summed E-state index contributed by atoms with van der Waals surface area (Å²) in [6, 6.07) is 19.0. The van der Waals surface area contributed by atoms with Crippen molar-refractivity contribution in [1.82, 2.24) is 14.8 Å². The maximum Gasteiger partial charge on any atom is 0.270 e. The Morgan fingerprint density at radius 1 is 1.08 bits per heavy atom. The number of aryl methyl sites for hydroxylation is 1. The minimum atomic E-state index is 0.0858. The number of fused-ring (bicyclic) bond motifs is 1. The van der Waals surface area contributed by atoms with E-state index in [-0.39, 0.29) is 5.91 Å². The van der Waals surface area contributed by atoms with E-state index < -0.39 is 0 Å². The Hall–Kier alpha value is -2.59. The summed E-state index contributed by atoms with van der Waals surface area (Å²) in [5.41, 5.74) is 4.25. The number of carbonyl (C=O) groups is 1. The molecule has 1 aromatic heterocycles. The SMILES string of the molecule is Cc1ccc(C2CN(C(=O)c3cc4ccccc4[nH]3)CC2N(C)C)cc1. The Morgan fingerprint density at radius 3 is 2.50 bits per heavy atom. The van der Waals surface area contributed by atoms with Gasteiger partial charge in [-0.3, -0.25) is 4.79 Å². The number of likely N-dealkylation sites (tertiary alicyclic amines) is 1. The zero-order valence-corrected chi connectivity index (χ0v) is 15.6. The van der Waals surface area contributed by atoms with Crippen LogP contribution in [0, 0.1) is 6.92 Å². The van der Waals surface area contributed by atoms with Gasteiger partial charge in [0.2, 0.25) is 0 Å². The largest absolute Gasteiger partial charge is 0.351 e. The molecule has 0 aliphatic carbocycles. The average molecular weight is 347 g/mol. The van der Waals surface area contributed by atoms with E-state index in [1.807, 2.05) is 35.2 Å². The third-order valence-electron chi connectivity index (χ3n) is 5.51. The standard InChI is InChI=1S/C22H25N3O/c1-15-8-10-16(11-9-15)18-13-25(14-21(18)24(2)3)22(26)20-12-17-6-4-5-7-19(17)23-20/h4-12,18,21,23H,13-14H2,1-3H3. The van der Waals surface area contributed by atoms with Crippen LogP contribution in [0.25, 0.3) is 10.9 Å². The van der Waals surface area contributed by atoms with Gasteiger partial charge in [0.25, 0.3) is 5.91 Å². The van der Waals surface area contributed by atoms with Crippen molar-refractivity contribution < 1.29 is 4.79 Å². The van der Waals surface area contributed by atoms with E-state index in [1.54, 1.807) is 0 Å². The molecule has 0 saturated carbocycles. The van der Waals surface area contributed by atoms with Gasteiger partial charge >= 0.3 is 0 Å². The molecule has 4 heteroatoms. The van der Waals surface area contributed by atoms with Crippen molar-refractivity contribution in [3.05, 3.63) is 71.4 Å². The highest BCUT2D eigenvalue weighted by molar-refractivity contribution is 5.98. The van der Waals surface area contributed by atoms with Crippen LogP contribution in [0.4, 0.5) is 0 Å². The van der Waals surface area contributed by atoms with Gasteiger partial charge in [0.15, 0.2) is 0 Å². The number of nitrogens with zero attached hydrogens (tertiary/aromatic N) is 2. The molecule has 2 heterocycles. The number of amides is 1. The number of carbonyl (C=O) groups excluding carboxylic acids is 1. The molecular weight excluding hydrogens is 322 g/mol. The van der Waals surface area contributed by atoms with Crippen molar-refractivity contribution in [3.63, 3.8) is 0 Å². The van der Waals surface area contributed by atoms with Crippen molar-refractivity contribution in [3.8, 4) is 0 Å². The first kappa shape index (κ1) is 16.9. The van der Waals surface area contributed by atoms with Gasteiger partial charge in [-0.1, -0.05) is 48.0 Å². The highest BCUT2D eigenvalue weighted by Gasteiger charge is 2.37. The number of hydrogen-bond acceptors (Lipinski definition) is 2. The van der Waals surface area contributed by atoms with Crippen LogP contribution in [-0.2, 0) is 0 Å². The fourth-order valence-electron chi connectivity index (χ4n) is 3.98. The number of likely N-dealkylation sites (N-methyl/N-ethyl adjacent to an activating group) is 1. The molecule has 2 atom stereocenters. The maximum atomic E-state index is 13.1. The molecule has 2 unspecified atom stereocenters. The first-order valence-corrected chi connectivity index (χ1v) is 9.13. The summed E-state index contributed by atoms with van der Waals surface area (Å²) in [5.74, 6) is 0.418. The number of H-pyrrole nitrogens is 1. The molecule has 4 rings (SSSR count). The Kier molecular flexibility index (Phi) is 4.29. The quantitative estimate of drug-likeness (QED) is 0.786. The van der Waals surface area contributed by atoms with Gasteiger partial charge < -0.3 is 14.8 Å². The van der Waals surface area contributed by atoms with Crippen LogP contribution in [0.3, 0.4) is 0 Å². The molecule has 1 saturated heterocycles. The Labute approximate surface area is 154 Å². The van der Waals surface area contributed by atoms with Crippen molar-refractivity contribution in [2.75, 3.05) is 27.2 Å². The molecule has 1 fully saturated rings. The molecule has 134 valence electrons. The summed E-state index contributed by atoms with van der Waals surface area (Å²) in [7, 11) is 4.20. The second-order valence-electron chi connectivity index (χ2n) is 7.53. The first-order valence-electron chi connectivity index (χ1n) is 9.13. The molecule has 1 N–H and O–H groups in total. The summed E-state index contributed by atoms with van der Waals surface area (Å²) >= 11 is 0. The number of aromatic nitrogens is 1. The molecule has 26 heavy (non-hydrogen) atoms. The van der Waals surface area contributed by atoms with Gasteiger partial charge in [-0.15, -0.1) is 0 Å². The van der Waals surface area contributed by atoms with Gasteiger partial charge in [-0.2, -0.15) is 0 Å². The number of benzene rings is 2. The van der Waals surface area contributed by atoms with E-state index in [2.05, 4.69) is 55.2 Å². The third-order valence-corrected chi connectivity index (χ3v) is 5.51. The highest BCUT2D eigenvalue weighted by atomic mass is 16.2. The van der Waals surface area contributed by atoms with E-state index in [1.165, 1.54) is 11.1 Å². The average Bonchev–Trinajstić information content (AvgIpc) is 3.26. The highest BCUT2D eigenvalue weighted by Crippen LogP contribution is 2.31. The fraction of sp³-hybridized carbons (Fsp3) is 0.318. The lowest BCUT2D eigenvalue weighted by molar-refractivity contribution is 0.0777. The number of rotatable bonds is 3. The summed E-state index contributed by atoms with van der Waals surface area (Å²) in [6.07, 6.45) is 0. The van der Waals surface area contributed by atoms with Crippen molar-refractivity contribution in [2.45, 2.75) is 18.9 Å². The zero-order chi connectivity index (χ0) is 18.3. The topological polar surface area (TPSA) is 39.3 Å². The number of aromatic amines is 1. The number of nitrogens with one attached hydrogen (secondary N) is 1. The fourth-order valence-corrected chi connectivity index (χ4v) is 3.98. The zero-order valence-electron chi connectivity index (χ0n) is 15.6. The molecule has 0 radical (unpaired) electrons. The van der Waals surface area contributed by atoms with Crippen LogP contribution in [0.15, 0.2) is 54.6 Å². The predicted molar refractivity (Wildman–Crippen MR) is 106 cm³/mol. The number of para-hydroxylation sites is 1. The third kappa shape index (κ3) is 3.01. The van der Waals surface area contributed by atoms with Crippen LogP contribution in [0.5, 0.6) is 0 Å². The first-order chi connectivity index (χ1) is 12.5. The molecule has 1 aliphatic rings. The Morgan fingerprint density at radius 2 is 1.81 bits per heavy atom. The van der Waals surface area contributed by atoms with Crippen LogP contribution in [0.1, 0.15) is 27.5 Å². The summed E-state index contributed by atoms with van der Waals surface area (Å²) in [6.45, 7) is 3.60. The van der Waals surface area contributed by atoms with E-state index in [4.69, 9.17) is 0 Å². The van der Waals surface area contributed by atoms with Crippen LogP contribution < -0.4 is 0 Å². The Bertz CT molecular complexity index is 893. The van der Waals surface area contributed by atoms with Gasteiger partial charge in [-0.05, 0) is 38.7 Å². The van der Waals surface area contributed by atoms with Gasteiger partial charge in [-0.25, -0.2) is 0 Å². The van der Waals surface area contributed by atoms with E-state index in [0.717, 1.165) is 24.0 Å². The second kappa shape index (κ2) is 6.61. The van der Waals surface area contributed by atoms with Crippen molar-refractivity contribution in [2.24, 2.45) is 0 Å². The minimum Gasteiger partial charge on any atom is -0.351 e. The van der Waals surface area contributed by atoms with Gasteiger partial charge in [0.1, 0.15) is 5.69 Å². The van der Waals surface area contributed by atoms with Crippen LogP contribution in [0.2, 0.25) is 0 Å².